The van der Waals surface area contributed by atoms with E-state index in [-0.39, 0.29) is 16.6 Å². The molecule has 1 saturated heterocycles. The molecule has 25 heavy (non-hydrogen) atoms. The number of benzene rings is 2. The molecular formula is C18H17N3O3S. The predicted octanol–water partition coefficient (Wildman–Crippen LogP) is 2.55. The SMILES string of the molecule is CC(=O)c1cccc(S(=O)(=O)N2CC(c3nc4ccccc4[nH]3)C2)c1. The minimum atomic E-state index is -3.59. The Morgan fingerprint density at radius 3 is 2.64 bits per heavy atom. The third-order valence-corrected chi connectivity index (χ3v) is 6.35. The Morgan fingerprint density at radius 2 is 1.92 bits per heavy atom. The van der Waals surface area contributed by atoms with E-state index in [4.69, 9.17) is 0 Å². The Hall–Kier alpha value is -2.51. The molecule has 0 radical (unpaired) electrons. The van der Waals surface area contributed by atoms with Gasteiger partial charge >= 0.3 is 0 Å². The molecule has 0 saturated carbocycles. The summed E-state index contributed by atoms with van der Waals surface area (Å²) in [6.07, 6.45) is 0. The minimum absolute atomic E-state index is 0.0539. The lowest BCUT2D eigenvalue weighted by Crippen LogP contribution is -2.48. The van der Waals surface area contributed by atoms with Crippen LogP contribution in [-0.2, 0) is 10.0 Å². The second-order valence-electron chi connectivity index (χ2n) is 6.24. The number of sulfonamides is 1. The quantitative estimate of drug-likeness (QED) is 0.729. The van der Waals surface area contributed by atoms with E-state index >= 15 is 0 Å². The first-order valence-electron chi connectivity index (χ1n) is 8.01. The Morgan fingerprint density at radius 1 is 1.16 bits per heavy atom. The van der Waals surface area contributed by atoms with Gasteiger partial charge in [-0.15, -0.1) is 0 Å². The van der Waals surface area contributed by atoms with E-state index in [9.17, 15) is 13.2 Å². The van der Waals surface area contributed by atoms with Crippen molar-refractivity contribution in [1.82, 2.24) is 14.3 Å². The molecule has 128 valence electrons. The molecule has 4 rings (SSSR count). The van der Waals surface area contributed by atoms with Gasteiger partial charge in [0.1, 0.15) is 5.82 Å². The zero-order valence-electron chi connectivity index (χ0n) is 13.6. The number of nitrogens with one attached hydrogen (secondary N) is 1. The molecule has 0 aliphatic carbocycles. The summed E-state index contributed by atoms with van der Waals surface area (Å²) in [7, 11) is -3.59. The lowest BCUT2D eigenvalue weighted by Gasteiger charge is -2.36. The number of imidazole rings is 1. The van der Waals surface area contributed by atoms with Crippen LogP contribution in [-0.4, -0.2) is 41.6 Å². The third kappa shape index (κ3) is 2.75. The summed E-state index contributed by atoms with van der Waals surface area (Å²) in [5.41, 5.74) is 2.23. The number of hydrogen-bond donors (Lipinski definition) is 1. The average Bonchev–Trinajstić information content (AvgIpc) is 2.96. The molecule has 7 heteroatoms. The summed E-state index contributed by atoms with van der Waals surface area (Å²) >= 11 is 0. The smallest absolute Gasteiger partial charge is 0.243 e. The standard InChI is InChI=1S/C18H17N3O3S/c1-12(22)13-5-4-6-15(9-13)25(23,24)21-10-14(11-21)18-19-16-7-2-3-8-17(16)20-18/h2-9,14H,10-11H2,1H3,(H,19,20). The summed E-state index contributed by atoms with van der Waals surface area (Å²) in [6, 6.07) is 13.9. The van der Waals surface area contributed by atoms with Crippen molar-refractivity contribution in [3.05, 3.63) is 59.9 Å². The molecular weight excluding hydrogens is 338 g/mol. The summed E-state index contributed by atoms with van der Waals surface area (Å²) in [5.74, 6) is 0.712. The lowest BCUT2D eigenvalue weighted by atomic mass is 10.0. The molecule has 2 aromatic carbocycles. The number of rotatable bonds is 4. The van der Waals surface area contributed by atoms with Gasteiger partial charge in [-0.25, -0.2) is 13.4 Å². The van der Waals surface area contributed by atoms with E-state index in [1.165, 1.54) is 23.4 Å². The van der Waals surface area contributed by atoms with Gasteiger partial charge in [0.25, 0.3) is 0 Å². The van der Waals surface area contributed by atoms with Crippen molar-refractivity contribution in [1.29, 1.82) is 0 Å². The second kappa shape index (κ2) is 5.79. The van der Waals surface area contributed by atoms with E-state index < -0.39 is 10.0 Å². The molecule has 1 N–H and O–H groups in total. The predicted molar refractivity (Wildman–Crippen MR) is 94.0 cm³/mol. The topological polar surface area (TPSA) is 83.1 Å². The van der Waals surface area contributed by atoms with Crippen molar-refractivity contribution in [2.24, 2.45) is 0 Å². The fourth-order valence-electron chi connectivity index (χ4n) is 3.00. The highest BCUT2D eigenvalue weighted by molar-refractivity contribution is 7.89. The molecule has 0 spiro atoms. The molecule has 1 aliphatic heterocycles. The molecule has 1 aliphatic rings. The first-order chi connectivity index (χ1) is 11.9. The van der Waals surface area contributed by atoms with Crippen molar-refractivity contribution in [3.63, 3.8) is 0 Å². The Bertz CT molecular complexity index is 1030. The zero-order chi connectivity index (χ0) is 17.6. The van der Waals surface area contributed by atoms with Crippen LogP contribution in [0.2, 0.25) is 0 Å². The van der Waals surface area contributed by atoms with E-state index in [0.29, 0.717) is 18.7 Å². The summed E-state index contributed by atoms with van der Waals surface area (Å²) in [5, 5.41) is 0. The zero-order valence-corrected chi connectivity index (χ0v) is 14.5. The number of hydrogen-bond acceptors (Lipinski definition) is 4. The monoisotopic (exact) mass is 355 g/mol. The van der Waals surface area contributed by atoms with Gasteiger partial charge < -0.3 is 4.98 Å². The summed E-state index contributed by atoms with van der Waals surface area (Å²) < 4.78 is 26.9. The highest BCUT2D eigenvalue weighted by Crippen LogP contribution is 2.31. The van der Waals surface area contributed by atoms with E-state index in [2.05, 4.69) is 9.97 Å². The molecule has 0 amide bonds. The van der Waals surface area contributed by atoms with Crippen LogP contribution in [0.15, 0.2) is 53.4 Å². The molecule has 3 aromatic rings. The average molecular weight is 355 g/mol. The number of Topliss-reactive ketones (excluding diaryl/α,β-unsaturated/α-hetero) is 1. The maximum atomic E-state index is 12.7. The number of aromatic nitrogens is 2. The molecule has 2 heterocycles. The number of aromatic amines is 1. The number of para-hydroxylation sites is 2. The fraction of sp³-hybridized carbons (Fsp3) is 0.222. The molecule has 1 fully saturated rings. The molecule has 0 unspecified atom stereocenters. The summed E-state index contributed by atoms with van der Waals surface area (Å²) in [6.45, 7) is 2.19. The normalized spacial score (nSPS) is 16.0. The molecule has 1 aromatic heterocycles. The van der Waals surface area contributed by atoms with Crippen LogP contribution >= 0.6 is 0 Å². The van der Waals surface area contributed by atoms with E-state index in [1.54, 1.807) is 12.1 Å². The van der Waals surface area contributed by atoms with Crippen molar-refractivity contribution in [2.45, 2.75) is 17.7 Å². The minimum Gasteiger partial charge on any atom is -0.342 e. The van der Waals surface area contributed by atoms with Gasteiger partial charge in [-0.1, -0.05) is 24.3 Å². The van der Waals surface area contributed by atoms with Gasteiger partial charge in [0.15, 0.2) is 5.78 Å². The maximum Gasteiger partial charge on any atom is 0.243 e. The maximum absolute atomic E-state index is 12.7. The number of fused-ring (bicyclic) bond motifs is 1. The van der Waals surface area contributed by atoms with Crippen molar-refractivity contribution in [2.75, 3.05) is 13.1 Å². The highest BCUT2D eigenvalue weighted by Gasteiger charge is 2.39. The third-order valence-electron chi connectivity index (χ3n) is 4.52. The van der Waals surface area contributed by atoms with Crippen LogP contribution in [0.5, 0.6) is 0 Å². The van der Waals surface area contributed by atoms with Gasteiger partial charge in [-0.2, -0.15) is 4.31 Å². The highest BCUT2D eigenvalue weighted by atomic mass is 32.2. The van der Waals surface area contributed by atoms with Gasteiger partial charge in [-0.3, -0.25) is 4.79 Å². The Kier molecular flexibility index (Phi) is 3.70. The number of H-pyrrole nitrogens is 1. The van der Waals surface area contributed by atoms with E-state index in [1.807, 2.05) is 24.3 Å². The lowest BCUT2D eigenvalue weighted by molar-refractivity contribution is 0.101. The number of carbonyl (C=O) groups is 1. The van der Waals surface area contributed by atoms with Crippen molar-refractivity contribution in [3.8, 4) is 0 Å². The van der Waals surface area contributed by atoms with Gasteiger partial charge in [0.05, 0.1) is 15.9 Å². The second-order valence-corrected chi connectivity index (χ2v) is 8.18. The van der Waals surface area contributed by atoms with E-state index in [0.717, 1.165) is 16.9 Å². The van der Waals surface area contributed by atoms with Crippen LogP contribution in [0.25, 0.3) is 11.0 Å². The number of ketones is 1. The van der Waals surface area contributed by atoms with Gasteiger partial charge in [0, 0.05) is 24.6 Å². The van der Waals surface area contributed by atoms with Crippen molar-refractivity contribution >= 4 is 26.8 Å². The van der Waals surface area contributed by atoms with Crippen LogP contribution in [0.1, 0.15) is 29.0 Å². The molecule has 6 nitrogen and oxygen atoms in total. The fourth-order valence-corrected chi connectivity index (χ4v) is 4.57. The Balaban J connectivity index is 1.54. The molecule has 0 bridgehead atoms. The van der Waals surface area contributed by atoms with Crippen LogP contribution in [0.3, 0.4) is 0 Å². The first-order valence-corrected chi connectivity index (χ1v) is 9.45. The van der Waals surface area contributed by atoms with Crippen LogP contribution in [0.4, 0.5) is 0 Å². The first kappa shape index (κ1) is 16.0. The number of nitrogens with zero attached hydrogens (tertiary/aromatic N) is 2. The largest absolute Gasteiger partial charge is 0.342 e. The van der Waals surface area contributed by atoms with Gasteiger partial charge in [-0.05, 0) is 31.2 Å². The Labute approximate surface area is 145 Å². The van der Waals surface area contributed by atoms with Crippen LogP contribution in [0, 0.1) is 0 Å². The van der Waals surface area contributed by atoms with Gasteiger partial charge in [0.2, 0.25) is 10.0 Å². The number of carbonyl (C=O) groups excluding carboxylic acids is 1. The van der Waals surface area contributed by atoms with Crippen LogP contribution < -0.4 is 0 Å². The van der Waals surface area contributed by atoms with Crippen molar-refractivity contribution < 1.29 is 13.2 Å². The summed E-state index contributed by atoms with van der Waals surface area (Å²) in [4.78, 5) is 19.4. The molecule has 0 atom stereocenters.